The van der Waals surface area contributed by atoms with Crippen LogP contribution in [0.4, 0.5) is 4.39 Å². The largest absolute Gasteiger partial charge is 0.507 e. The number of phenolic OH excluding ortho intramolecular Hbond substituents is 1. The number of benzene rings is 4. The molecule has 0 aliphatic heterocycles. The number of phenols is 1. The van der Waals surface area contributed by atoms with E-state index in [0.717, 1.165) is 39.2 Å². The maximum absolute atomic E-state index is 13.3. The number of carbonyl (C=O) groups excluding carboxylic acids is 1. The number of nitrogens with zero attached hydrogens (tertiary/aromatic N) is 1. The van der Waals surface area contributed by atoms with E-state index in [9.17, 15) is 14.3 Å². The SMILES string of the molecule is CC(C)(C)c1cc(-c2nc(-c3ccccc3)c(-c3ccc(C(=O)c4ccc(F)cc4)cc3)[nH]2)cc(C(C)(C)C)c1O. The molecular weight excluding hydrogens is 511 g/mol. The molecule has 0 fully saturated rings. The van der Waals surface area contributed by atoms with Crippen LogP contribution < -0.4 is 0 Å². The zero-order valence-electron chi connectivity index (χ0n) is 24.3. The molecule has 0 atom stereocenters. The van der Waals surface area contributed by atoms with Crippen LogP contribution in [-0.4, -0.2) is 20.9 Å². The Bertz CT molecular complexity index is 1670. The lowest BCUT2D eigenvalue weighted by Gasteiger charge is -2.28. The van der Waals surface area contributed by atoms with Gasteiger partial charge in [-0.05, 0) is 47.2 Å². The van der Waals surface area contributed by atoms with Crippen LogP contribution in [0.3, 0.4) is 0 Å². The fraction of sp³-hybridized carbons (Fsp3) is 0.222. The monoisotopic (exact) mass is 546 g/mol. The average molecular weight is 547 g/mol. The van der Waals surface area contributed by atoms with Crippen molar-refractivity contribution < 1.29 is 14.3 Å². The minimum atomic E-state index is -0.377. The number of imidazole rings is 1. The highest BCUT2D eigenvalue weighted by Gasteiger charge is 2.28. The summed E-state index contributed by atoms with van der Waals surface area (Å²) in [4.78, 5) is 21.6. The third-order valence-corrected chi connectivity index (χ3v) is 7.29. The Morgan fingerprint density at radius 3 is 1.73 bits per heavy atom. The standard InChI is InChI=1S/C36H35FN2O2/c1-35(2,3)28-20-26(21-29(33(28)41)36(4,5)6)34-38-30(22-10-8-7-9-11-22)31(39-34)23-12-14-24(15-13-23)32(40)25-16-18-27(37)19-17-25/h7-21,41H,1-6H3,(H,38,39). The summed E-state index contributed by atoms with van der Waals surface area (Å²) in [5.41, 5.74) is 6.49. The summed E-state index contributed by atoms with van der Waals surface area (Å²) in [7, 11) is 0. The van der Waals surface area contributed by atoms with E-state index in [0.29, 0.717) is 22.7 Å². The molecule has 0 bridgehead atoms. The van der Waals surface area contributed by atoms with Gasteiger partial charge in [-0.15, -0.1) is 0 Å². The van der Waals surface area contributed by atoms with E-state index in [1.165, 1.54) is 24.3 Å². The van der Waals surface area contributed by atoms with Gasteiger partial charge in [0, 0.05) is 38.9 Å². The Hall–Kier alpha value is -4.51. The summed E-state index contributed by atoms with van der Waals surface area (Å²) in [6.07, 6.45) is 0. The molecule has 41 heavy (non-hydrogen) atoms. The molecule has 0 saturated carbocycles. The molecule has 0 unspecified atom stereocenters. The zero-order chi connectivity index (χ0) is 29.5. The van der Waals surface area contributed by atoms with E-state index >= 15 is 0 Å². The second-order valence-electron chi connectivity index (χ2n) is 12.5. The van der Waals surface area contributed by atoms with Crippen molar-refractivity contribution in [2.45, 2.75) is 52.4 Å². The van der Waals surface area contributed by atoms with Crippen molar-refractivity contribution in [3.05, 3.63) is 119 Å². The normalized spacial score (nSPS) is 12.0. The smallest absolute Gasteiger partial charge is 0.193 e. The van der Waals surface area contributed by atoms with Crippen molar-refractivity contribution in [3.63, 3.8) is 0 Å². The van der Waals surface area contributed by atoms with Crippen molar-refractivity contribution in [2.24, 2.45) is 0 Å². The van der Waals surface area contributed by atoms with Crippen LogP contribution >= 0.6 is 0 Å². The fourth-order valence-corrected chi connectivity index (χ4v) is 4.99. The number of aromatic nitrogens is 2. The van der Waals surface area contributed by atoms with Crippen molar-refractivity contribution in [2.75, 3.05) is 0 Å². The minimum absolute atomic E-state index is 0.168. The van der Waals surface area contributed by atoms with Crippen LogP contribution in [0.5, 0.6) is 5.75 Å². The van der Waals surface area contributed by atoms with Crippen molar-refractivity contribution in [3.8, 4) is 39.7 Å². The first kappa shape index (κ1) is 28.0. The van der Waals surface area contributed by atoms with E-state index in [1.54, 1.807) is 12.1 Å². The number of aromatic amines is 1. The van der Waals surface area contributed by atoms with E-state index in [4.69, 9.17) is 4.98 Å². The Kier molecular flexibility index (Phi) is 7.16. The van der Waals surface area contributed by atoms with Gasteiger partial charge in [0.2, 0.25) is 0 Å². The molecule has 0 amide bonds. The van der Waals surface area contributed by atoms with Crippen LogP contribution in [0.2, 0.25) is 0 Å². The van der Waals surface area contributed by atoms with Crippen LogP contribution in [0, 0.1) is 5.82 Å². The summed E-state index contributed by atoms with van der Waals surface area (Å²) in [6, 6.07) is 27.0. The second kappa shape index (κ2) is 10.5. The summed E-state index contributed by atoms with van der Waals surface area (Å²) in [5, 5.41) is 11.2. The maximum atomic E-state index is 13.3. The van der Waals surface area contributed by atoms with Gasteiger partial charge in [-0.1, -0.05) is 96.1 Å². The van der Waals surface area contributed by atoms with Gasteiger partial charge in [0.1, 0.15) is 17.4 Å². The first-order valence-electron chi connectivity index (χ1n) is 13.8. The Labute approximate surface area is 240 Å². The highest BCUT2D eigenvalue weighted by molar-refractivity contribution is 6.09. The minimum Gasteiger partial charge on any atom is -0.507 e. The van der Waals surface area contributed by atoms with Gasteiger partial charge in [0.25, 0.3) is 0 Å². The summed E-state index contributed by atoms with van der Waals surface area (Å²) >= 11 is 0. The number of H-pyrrole nitrogens is 1. The number of hydrogen-bond donors (Lipinski definition) is 2. The topological polar surface area (TPSA) is 66.0 Å². The highest BCUT2D eigenvalue weighted by Crippen LogP contribution is 2.42. The van der Waals surface area contributed by atoms with Crippen LogP contribution in [0.15, 0.2) is 91.0 Å². The molecule has 5 heteroatoms. The molecule has 0 saturated heterocycles. The van der Waals surface area contributed by atoms with Gasteiger partial charge >= 0.3 is 0 Å². The van der Waals surface area contributed by atoms with E-state index in [-0.39, 0.29) is 22.4 Å². The van der Waals surface area contributed by atoms with E-state index in [1.807, 2.05) is 54.6 Å². The lowest BCUT2D eigenvalue weighted by Crippen LogP contribution is -2.17. The van der Waals surface area contributed by atoms with E-state index in [2.05, 4.69) is 46.5 Å². The molecule has 0 radical (unpaired) electrons. The Morgan fingerprint density at radius 2 is 1.22 bits per heavy atom. The molecule has 1 heterocycles. The van der Waals surface area contributed by atoms with Crippen molar-refractivity contribution >= 4 is 5.78 Å². The maximum Gasteiger partial charge on any atom is 0.193 e. The molecule has 4 nitrogen and oxygen atoms in total. The van der Waals surface area contributed by atoms with Crippen molar-refractivity contribution in [1.82, 2.24) is 9.97 Å². The predicted molar refractivity (Wildman–Crippen MR) is 164 cm³/mol. The van der Waals surface area contributed by atoms with Crippen LogP contribution in [-0.2, 0) is 10.8 Å². The third-order valence-electron chi connectivity index (χ3n) is 7.29. The number of ketones is 1. The Balaban J connectivity index is 1.63. The summed E-state index contributed by atoms with van der Waals surface area (Å²) in [5.74, 6) is 0.475. The zero-order valence-corrected chi connectivity index (χ0v) is 24.3. The fourth-order valence-electron chi connectivity index (χ4n) is 4.99. The van der Waals surface area contributed by atoms with Gasteiger partial charge in [-0.3, -0.25) is 4.79 Å². The molecule has 0 aliphatic carbocycles. The predicted octanol–water partition coefficient (Wildman–Crippen LogP) is 9.08. The Morgan fingerprint density at radius 1 is 0.707 bits per heavy atom. The summed E-state index contributed by atoms with van der Waals surface area (Å²) in [6.45, 7) is 12.6. The van der Waals surface area contributed by atoms with Gasteiger partial charge < -0.3 is 10.1 Å². The number of aromatic hydroxyl groups is 1. The number of hydrogen-bond acceptors (Lipinski definition) is 3. The van der Waals surface area contributed by atoms with Crippen LogP contribution in [0.25, 0.3) is 33.9 Å². The lowest BCUT2D eigenvalue weighted by atomic mass is 9.78. The average Bonchev–Trinajstić information content (AvgIpc) is 3.38. The van der Waals surface area contributed by atoms with Gasteiger partial charge in [-0.25, -0.2) is 9.37 Å². The molecule has 5 aromatic rings. The number of rotatable bonds is 5. The number of carbonyl (C=O) groups is 1. The first-order valence-corrected chi connectivity index (χ1v) is 13.8. The molecule has 0 spiro atoms. The molecule has 1 aromatic heterocycles. The van der Waals surface area contributed by atoms with Gasteiger partial charge in [0.15, 0.2) is 5.78 Å². The molecule has 4 aromatic carbocycles. The lowest BCUT2D eigenvalue weighted by molar-refractivity contribution is 0.103. The van der Waals surface area contributed by atoms with Gasteiger partial charge in [0.05, 0.1) is 11.4 Å². The number of nitrogens with one attached hydrogen (secondary N) is 1. The van der Waals surface area contributed by atoms with E-state index < -0.39 is 0 Å². The molecular formula is C36H35FN2O2. The quantitative estimate of drug-likeness (QED) is 0.216. The first-order chi connectivity index (χ1) is 19.3. The van der Waals surface area contributed by atoms with Gasteiger partial charge in [-0.2, -0.15) is 0 Å². The number of halogens is 1. The summed E-state index contributed by atoms with van der Waals surface area (Å²) < 4.78 is 13.3. The van der Waals surface area contributed by atoms with Crippen molar-refractivity contribution in [1.29, 1.82) is 0 Å². The van der Waals surface area contributed by atoms with Crippen LogP contribution in [0.1, 0.15) is 68.6 Å². The highest BCUT2D eigenvalue weighted by atomic mass is 19.1. The molecule has 5 rings (SSSR count). The second-order valence-corrected chi connectivity index (χ2v) is 12.5. The molecule has 208 valence electrons. The third kappa shape index (κ3) is 5.71. The molecule has 0 aliphatic rings. The molecule has 2 N–H and O–H groups in total.